The Morgan fingerprint density at radius 2 is 2.00 bits per heavy atom. The van der Waals surface area contributed by atoms with Gasteiger partial charge in [-0.15, -0.1) is 0 Å². The van der Waals surface area contributed by atoms with Crippen molar-refractivity contribution in [3.8, 4) is 5.75 Å². The summed E-state index contributed by atoms with van der Waals surface area (Å²) in [5.74, 6) is 0.620. The lowest BCUT2D eigenvalue weighted by Gasteiger charge is -2.33. The van der Waals surface area contributed by atoms with Crippen LogP contribution in [0.2, 0.25) is 0 Å². The maximum atomic E-state index is 12.5. The lowest BCUT2D eigenvalue weighted by atomic mass is 9.99. The van der Waals surface area contributed by atoms with Crippen LogP contribution >= 0.6 is 0 Å². The summed E-state index contributed by atoms with van der Waals surface area (Å²) >= 11 is 0. The fourth-order valence-corrected chi connectivity index (χ4v) is 3.89. The van der Waals surface area contributed by atoms with Gasteiger partial charge in [-0.1, -0.05) is 6.92 Å². The van der Waals surface area contributed by atoms with Gasteiger partial charge in [0.2, 0.25) is 10.0 Å². The lowest BCUT2D eigenvalue weighted by Crippen LogP contribution is -2.44. The van der Waals surface area contributed by atoms with E-state index < -0.39 is 16.1 Å². The SMILES string of the molecule is CCOc1ccc(S(=O)(=O)N2CCC(O)C(C)C2)cc1. The van der Waals surface area contributed by atoms with E-state index in [0.717, 1.165) is 0 Å². The molecule has 0 radical (unpaired) electrons. The number of nitrogens with zero attached hydrogens (tertiary/aromatic N) is 1. The summed E-state index contributed by atoms with van der Waals surface area (Å²) < 4.78 is 31.8. The van der Waals surface area contributed by atoms with Crippen molar-refractivity contribution in [3.05, 3.63) is 24.3 Å². The second-order valence-electron chi connectivity index (χ2n) is 5.10. The Balaban J connectivity index is 2.17. The minimum atomic E-state index is -3.48. The number of sulfonamides is 1. The van der Waals surface area contributed by atoms with Gasteiger partial charge in [-0.3, -0.25) is 0 Å². The zero-order valence-electron chi connectivity index (χ0n) is 11.8. The topological polar surface area (TPSA) is 66.8 Å². The monoisotopic (exact) mass is 299 g/mol. The molecule has 0 amide bonds. The summed E-state index contributed by atoms with van der Waals surface area (Å²) in [4.78, 5) is 0.268. The Kier molecular flexibility index (Phi) is 4.67. The fraction of sp³-hybridized carbons (Fsp3) is 0.571. The molecule has 6 heteroatoms. The maximum absolute atomic E-state index is 12.5. The Labute approximate surface area is 120 Å². The van der Waals surface area contributed by atoms with Crippen molar-refractivity contribution < 1.29 is 18.3 Å². The molecule has 0 spiro atoms. The molecule has 1 aromatic rings. The first kappa shape index (κ1) is 15.3. The molecule has 1 aliphatic rings. The minimum Gasteiger partial charge on any atom is -0.494 e. The highest BCUT2D eigenvalue weighted by Gasteiger charge is 2.32. The van der Waals surface area contributed by atoms with E-state index in [0.29, 0.717) is 31.9 Å². The van der Waals surface area contributed by atoms with Crippen LogP contribution in [0.5, 0.6) is 5.75 Å². The van der Waals surface area contributed by atoms with E-state index in [2.05, 4.69) is 0 Å². The molecule has 2 rings (SSSR count). The number of benzene rings is 1. The molecule has 1 heterocycles. The predicted molar refractivity (Wildman–Crippen MR) is 76.2 cm³/mol. The van der Waals surface area contributed by atoms with Gasteiger partial charge in [0.25, 0.3) is 0 Å². The van der Waals surface area contributed by atoms with Gasteiger partial charge in [-0.25, -0.2) is 8.42 Å². The molecule has 0 aliphatic carbocycles. The van der Waals surface area contributed by atoms with Gasteiger partial charge >= 0.3 is 0 Å². The number of hydrogen-bond acceptors (Lipinski definition) is 4. The summed E-state index contributed by atoms with van der Waals surface area (Å²) in [5, 5.41) is 9.69. The third-order valence-corrected chi connectivity index (χ3v) is 5.47. The summed E-state index contributed by atoms with van der Waals surface area (Å²) in [5.41, 5.74) is 0. The number of piperidine rings is 1. The van der Waals surface area contributed by atoms with E-state index in [1.54, 1.807) is 24.3 Å². The van der Waals surface area contributed by atoms with Gasteiger partial charge in [0.15, 0.2) is 0 Å². The van der Waals surface area contributed by atoms with Crippen LogP contribution in [-0.4, -0.2) is 43.6 Å². The van der Waals surface area contributed by atoms with Crippen molar-refractivity contribution in [2.45, 2.75) is 31.3 Å². The molecule has 2 unspecified atom stereocenters. The molecule has 1 fully saturated rings. The molecule has 1 aromatic carbocycles. The summed E-state index contributed by atoms with van der Waals surface area (Å²) in [7, 11) is -3.48. The Bertz CT molecular complexity index is 541. The standard InChI is InChI=1S/C14H21NO4S/c1-3-19-12-4-6-13(7-5-12)20(17,18)15-9-8-14(16)11(2)10-15/h4-7,11,14,16H,3,8-10H2,1-2H3. The molecule has 20 heavy (non-hydrogen) atoms. The highest BCUT2D eigenvalue weighted by atomic mass is 32.2. The summed E-state index contributed by atoms with van der Waals surface area (Å²) in [6.45, 7) is 5.01. The number of rotatable bonds is 4. The summed E-state index contributed by atoms with van der Waals surface area (Å²) in [6.07, 6.45) is 0.0685. The Morgan fingerprint density at radius 3 is 2.55 bits per heavy atom. The minimum absolute atomic E-state index is 0.0405. The van der Waals surface area contributed by atoms with E-state index in [9.17, 15) is 13.5 Å². The van der Waals surface area contributed by atoms with Crippen LogP contribution in [0.1, 0.15) is 20.3 Å². The van der Waals surface area contributed by atoms with Crippen LogP contribution in [-0.2, 0) is 10.0 Å². The molecule has 1 saturated heterocycles. The van der Waals surface area contributed by atoms with Crippen LogP contribution in [0.4, 0.5) is 0 Å². The predicted octanol–water partition coefficient (Wildman–Crippen LogP) is 1.48. The first-order valence-electron chi connectivity index (χ1n) is 6.86. The number of hydrogen-bond donors (Lipinski definition) is 1. The summed E-state index contributed by atoms with van der Waals surface area (Å²) in [6, 6.07) is 6.46. The van der Waals surface area contributed by atoms with Crippen LogP contribution in [0.15, 0.2) is 29.2 Å². The molecular weight excluding hydrogens is 278 g/mol. The highest BCUT2D eigenvalue weighted by molar-refractivity contribution is 7.89. The van der Waals surface area contributed by atoms with Crippen molar-refractivity contribution in [3.63, 3.8) is 0 Å². The third kappa shape index (κ3) is 3.13. The zero-order valence-corrected chi connectivity index (χ0v) is 12.6. The van der Waals surface area contributed by atoms with Crippen molar-refractivity contribution >= 4 is 10.0 Å². The van der Waals surface area contributed by atoms with Gasteiger partial charge in [-0.2, -0.15) is 4.31 Å². The smallest absolute Gasteiger partial charge is 0.243 e. The van der Waals surface area contributed by atoms with E-state index in [1.165, 1.54) is 4.31 Å². The Morgan fingerprint density at radius 1 is 1.35 bits per heavy atom. The van der Waals surface area contributed by atoms with E-state index >= 15 is 0 Å². The molecule has 1 N–H and O–H groups in total. The van der Waals surface area contributed by atoms with Gasteiger partial charge < -0.3 is 9.84 Å². The molecule has 112 valence electrons. The van der Waals surface area contributed by atoms with Crippen LogP contribution in [0.3, 0.4) is 0 Å². The average molecular weight is 299 g/mol. The van der Waals surface area contributed by atoms with E-state index in [4.69, 9.17) is 4.74 Å². The highest BCUT2D eigenvalue weighted by Crippen LogP contribution is 2.25. The van der Waals surface area contributed by atoms with Crippen molar-refractivity contribution in [2.75, 3.05) is 19.7 Å². The quantitative estimate of drug-likeness (QED) is 0.914. The fourth-order valence-electron chi connectivity index (χ4n) is 2.34. The molecular formula is C14H21NO4S. The second-order valence-corrected chi connectivity index (χ2v) is 7.04. The second kappa shape index (κ2) is 6.11. The van der Waals surface area contributed by atoms with Crippen molar-refractivity contribution in [2.24, 2.45) is 5.92 Å². The molecule has 1 aliphatic heterocycles. The van der Waals surface area contributed by atoms with Gasteiger partial charge in [0.05, 0.1) is 17.6 Å². The van der Waals surface area contributed by atoms with Gasteiger partial charge in [0, 0.05) is 13.1 Å². The first-order valence-corrected chi connectivity index (χ1v) is 8.30. The number of aliphatic hydroxyl groups is 1. The molecule has 5 nitrogen and oxygen atoms in total. The molecule has 0 saturated carbocycles. The Hall–Kier alpha value is -1.11. The van der Waals surface area contributed by atoms with E-state index in [-0.39, 0.29) is 10.8 Å². The molecule has 2 atom stereocenters. The van der Waals surface area contributed by atoms with Gasteiger partial charge in [0.1, 0.15) is 5.75 Å². The van der Waals surface area contributed by atoms with E-state index in [1.807, 2.05) is 13.8 Å². The molecule has 0 aromatic heterocycles. The van der Waals surface area contributed by atoms with Crippen molar-refractivity contribution in [1.82, 2.24) is 4.31 Å². The zero-order chi connectivity index (χ0) is 14.8. The van der Waals surface area contributed by atoms with Crippen molar-refractivity contribution in [1.29, 1.82) is 0 Å². The average Bonchev–Trinajstić information content (AvgIpc) is 2.43. The normalized spacial score (nSPS) is 24.6. The van der Waals surface area contributed by atoms with Crippen LogP contribution in [0, 0.1) is 5.92 Å². The van der Waals surface area contributed by atoms with Gasteiger partial charge in [-0.05, 0) is 43.5 Å². The lowest BCUT2D eigenvalue weighted by molar-refractivity contribution is 0.0628. The maximum Gasteiger partial charge on any atom is 0.243 e. The van der Waals surface area contributed by atoms with Crippen LogP contribution in [0.25, 0.3) is 0 Å². The van der Waals surface area contributed by atoms with Crippen LogP contribution < -0.4 is 4.74 Å². The number of aliphatic hydroxyl groups excluding tert-OH is 1. The molecule has 0 bridgehead atoms. The largest absolute Gasteiger partial charge is 0.494 e. The number of ether oxygens (including phenoxy) is 1. The first-order chi connectivity index (χ1) is 9.45. The third-order valence-electron chi connectivity index (χ3n) is 3.60.